The van der Waals surface area contributed by atoms with Crippen LogP contribution in [0.2, 0.25) is 0 Å². The quantitative estimate of drug-likeness (QED) is 0.786. The summed E-state index contributed by atoms with van der Waals surface area (Å²) in [5, 5.41) is 2.80. The van der Waals surface area contributed by atoms with E-state index in [1.165, 1.54) is 12.8 Å². The molecule has 2 atom stereocenters. The molecule has 0 spiro atoms. The average Bonchev–Trinajstić information content (AvgIpc) is 3.01. The van der Waals surface area contributed by atoms with Crippen molar-refractivity contribution in [3.8, 4) is 0 Å². The molecule has 118 valence electrons. The Bertz CT molecular complexity index is 378. The molecule has 2 unspecified atom stereocenters. The summed E-state index contributed by atoms with van der Waals surface area (Å²) in [5.74, 6) is 0.264. The highest BCUT2D eigenvalue weighted by molar-refractivity contribution is 5.83. The van der Waals surface area contributed by atoms with Crippen LogP contribution < -0.4 is 5.32 Å². The molecule has 0 aromatic rings. The second kappa shape index (κ2) is 6.75. The molecule has 3 fully saturated rings. The lowest BCUT2D eigenvalue weighted by atomic mass is 9.97. The number of nitrogens with zero attached hydrogens (tertiary/aromatic N) is 2. The number of amides is 2. The first kappa shape index (κ1) is 14.8. The Labute approximate surface area is 125 Å². The van der Waals surface area contributed by atoms with Crippen molar-refractivity contribution in [1.82, 2.24) is 15.1 Å². The van der Waals surface area contributed by atoms with E-state index < -0.39 is 0 Å². The number of hydrogen-bond acceptors (Lipinski definition) is 4. The number of piperazine rings is 1. The molecule has 6 heteroatoms. The topological polar surface area (TPSA) is 61.9 Å². The largest absolute Gasteiger partial charge is 0.377 e. The van der Waals surface area contributed by atoms with E-state index >= 15 is 0 Å². The van der Waals surface area contributed by atoms with Gasteiger partial charge in [0.15, 0.2) is 0 Å². The van der Waals surface area contributed by atoms with Crippen LogP contribution in [0.15, 0.2) is 0 Å². The summed E-state index contributed by atoms with van der Waals surface area (Å²) in [5.41, 5.74) is 0. The maximum absolute atomic E-state index is 12.4. The molecule has 0 bridgehead atoms. The van der Waals surface area contributed by atoms with Gasteiger partial charge < -0.3 is 15.0 Å². The van der Waals surface area contributed by atoms with E-state index in [1.54, 1.807) is 0 Å². The fraction of sp³-hybridized carbons (Fsp3) is 0.867. The molecule has 3 heterocycles. The van der Waals surface area contributed by atoms with E-state index in [-0.39, 0.29) is 17.7 Å². The van der Waals surface area contributed by atoms with Gasteiger partial charge in [0.2, 0.25) is 11.8 Å². The lowest BCUT2D eigenvalue weighted by Gasteiger charge is -2.37. The van der Waals surface area contributed by atoms with E-state index in [2.05, 4.69) is 10.2 Å². The molecule has 3 aliphatic heterocycles. The second-order valence-corrected chi connectivity index (χ2v) is 6.30. The van der Waals surface area contributed by atoms with Gasteiger partial charge in [-0.25, -0.2) is 0 Å². The molecule has 2 amide bonds. The minimum atomic E-state index is -0.0209. The predicted molar refractivity (Wildman–Crippen MR) is 77.7 cm³/mol. The zero-order chi connectivity index (χ0) is 14.7. The van der Waals surface area contributed by atoms with Gasteiger partial charge in [-0.3, -0.25) is 14.5 Å². The summed E-state index contributed by atoms with van der Waals surface area (Å²) in [7, 11) is 0. The Hall–Kier alpha value is -1.14. The van der Waals surface area contributed by atoms with E-state index in [0.29, 0.717) is 25.5 Å². The van der Waals surface area contributed by atoms with Gasteiger partial charge in [0.25, 0.3) is 0 Å². The number of carbonyl (C=O) groups excluding carboxylic acids is 2. The molecule has 0 aromatic carbocycles. The molecule has 0 saturated carbocycles. The third kappa shape index (κ3) is 3.74. The smallest absolute Gasteiger partial charge is 0.227 e. The Kier molecular flexibility index (Phi) is 4.75. The highest BCUT2D eigenvalue weighted by Gasteiger charge is 2.31. The lowest BCUT2D eigenvalue weighted by Crippen LogP contribution is -2.53. The van der Waals surface area contributed by atoms with Crippen LogP contribution in [0.25, 0.3) is 0 Å². The van der Waals surface area contributed by atoms with Crippen molar-refractivity contribution in [1.29, 1.82) is 0 Å². The number of ether oxygens (including phenoxy) is 1. The molecule has 3 rings (SSSR count). The zero-order valence-corrected chi connectivity index (χ0v) is 12.6. The summed E-state index contributed by atoms with van der Waals surface area (Å²) in [6.45, 7) is 5.88. The molecule has 3 aliphatic rings. The minimum Gasteiger partial charge on any atom is -0.377 e. The first-order chi connectivity index (χ1) is 10.2. The fourth-order valence-corrected chi connectivity index (χ4v) is 3.43. The van der Waals surface area contributed by atoms with Crippen molar-refractivity contribution < 1.29 is 14.3 Å². The summed E-state index contributed by atoms with van der Waals surface area (Å²) in [4.78, 5) is 28.0. The number of rotatable bonds is 3. The highest BCUT2D eigenvalue weighted by atomic mass is 16.5. The van der Waals surface area contributed by atoms with Crippen LogP contribution in [0.1, 0.15) is 25.7 Å². The Morgan fingerprint density at radius 1 is 1.24 bits per heavy atom. The van der Waals surface area contributed by atoms with Gasteiger partial charge in [0.1, 0.15) is 0 Å². The van der Waals surface area contributed by atoms with Gasteiger partial charge in [0, 0.05) is 52.3 Å². The first-order valence-corrected chi connectivity index (χ1v) is 8.12. The summed E-state index contributed by atoms with van der Waals surface area (Å²) in [6, 6.07) is 0. The van der Waals surface area contributed by atoms with Crippen molar-refractivity contribution >= 4 is 11.8 Å². The predicted octanol–water partition coefficient (Wildman–Crippen LogP) is -0.164. The summed E-state index contributed by atoms with van der Waals surface area (Å²) < 4.78 is 5.67. The molecular formula is C15H25N3O3. The third-order valence-corrected chi connectivity index (χ3v) is 4.78. The molecule has 0 radical (unpaired) electrons. The van der Waals surface area contributed by atoms with E-state index in [4.69, 9.17) is 4.74 Å². The van der Waals surface area contributed by atoms with Crippen molar-refractivity contribution in [2.24, 2.45) is 5.92 Å². The Morgan fingerprint density at radius 2 is 2.05 bits per heavy atom. The van der Waals surface area contributed by atoms with Gasteiger partial charge >= 0.3 is 0 Å². The maximum atomic E-state index is 12.4. The van der Waals surface area contributed by atoms with Crippen LogP contribution in [0, 0.1) is 5.92 Å². The SMILES string of the molecule is O=C1CCC(C(=O)N2CCN(CC3CCCO3)CC2)CN1. The van der Waals surface area contributed by atoms with Crippen molar-refractivity contribution in [2.75, 3.05) is 45.9 Å². The van der Waals surface area contributed by atoms with Crippen LogP contribution >= 0.6 is 0 Å². The van der Waals surface area contributed by atoms with Crippen LogP contribution in [-0.2, 0) is 14.3 Å². The van der Waals surface area contributed by atoms with Gasteiger partial charge in [-0.2, -0.15) is 0 Å². The first-order valence-electron chi connectivity index (χ1n) is 8.12. The van der Waals surface area contributed by atoms with E-state index in [1.807, 2.05) is 4.90 Å². The molecule has 21 heavy (non-hydrogen) atoms. The normalized spacial score (nSPS) is 31.2. The maximum Gasteiger partial charge on any atom is 0.227 e. The highest BCUT2D eigenvalue weighted by Crippen LogP contribution is 2.17. The summed E-state index contributed by atoms with van der Waals surface area (Å²) in [6.07, 6.45) is 3.91. The Morgan fingerprint density at radius 3 is 2.67 bits per heavy atom. The van der Waals surface area contributed by atoms with Gasteiger partial charge in [-0.15, -0.1) is 0 Å². The zero-order valence-electron chi connectivity index (χ0n) is 12.6. The van der Waals surface area contributed by atoms with E-state index in [9.17, 15) is 9.59 Å². The average molecular weight is 295 g/mol. The second-order valence-electron chi connectivity index (χ2n) is 6.30. The number of nitrogens with one attached hydrogen (secondary N) is 1. The Balaban J connectivity index is 1.42. The van der Waals surface area contributed by atoms with E-state index in [0.717, 1.165) is 39.3 Å². The van der Waals surface area contributed by atoms with Crippen LogP contribution in [-0.4, -0.2) is 73.6 Å². The molecule has 6 nitrogen and oxygen atoms in total. The van der Waals surface area contributed by atoms with Crippen molar-refractivity contribution in [3.05, 3.63) is 0 Å². The standard InChI is InChI=1S/C15H25N3O3/c19-14-4-3-12(10-16-14)15(20)18-7-5-17(6-8-18)11-13-2-1-9-21-13/h12-13H,1-11H2,(H,16,19). The monoisotopic (exact) mass is 295 g/mol. The minimum absolute atomic E-state index is 0.0209. The van der Waals surface area contributed by atoms with Gasteiger partial charge in [-0.1, -0.05) is 0 Å². The van der Waals surface area contributed by atoms with Crippen LogP contribution in [0.4, 0.5) is 0 Å². The van der Waals surface area contributed by atoms with Crippen LogP contribution in [0.3, 0.4) is 0 Å². The van der Waals surface area contributed by atoms with Gasteiger partial charge in [-0.05, 0) is 19.3 Å². The number of hydrogen-bond donors (Lipinski definition) is 1. The van der Waals surface area contributed by atoms with Gasteiger partial charge in [0.05, 0.1) is 12.0 Å². The molecule has 0 aliphatic carbocycles. The number of carbonyl (C=O) groups is 2. The number of piperidine rings is 1. The lowest BCUT2D eigenvalue weighted by molar-refractivity contribution is -0.139. The molecule has 3 saturated heterocycles. The molecule has 0 aromatic heterocycles. The van der Waals surface area contributed by atoms with Crippen molar-refractivity contribution in [2.45, 2.75) is 31.8 Å². The third-order valence-electron chi connectivity index (χ3n) is 4.78. The van der Waals surface area contributed by atoms with Crippen molar-refractivity contribution in [3.63, 3.8) is 0 Å². The summed E-state index contributed by atoms with van der Waals surface area (Å²) >= 11 is 0. The molecule has 1 N–H and O–H groups in total. The fourth-order valence-electron chi connectivity index (χ4n) is 3.43. The molecular weight excluding hydrogens is 270 g/mol. The van der Waals surface area contributed by atoms with Crippen LogP contribution in [0.5, 0.6) is 0 Å².